The molecule has 0 radical (unpaired) electrons. The maximum Gasteiger partial charge on any atom is 0.416 e. The zero-order valence-electron chi connectivity index (χ0n) is 29.0. The molecule has 3 aromatic rings. The van der Waals surface area contributed by atoms with Gasteiger partial charge in [0.25, 0.3) is 5.91 Å². The molecule has 51 heavy (non-hydrogen) atoms. The Morgan fingerprint density at radius 3 is 2.31 bits per heavy atom. The number of aliphatic hydroxyl groups is 1. The van der Waals surface area contributed by atoms with E-state index in [0.717, 1.165) is 30.7 Å². The molecule has 1 aliphatic rings. The van der Waals surface area contributed by atoms with Crippen LogP contribution in [0.5, 0.6) is 5.75 Å². The second-order valence-electron chi connectivity index (χ2n) is 12.8. The fourth-order valence-corrected chi connectivity index (χ4v) is 6.83. The molecular formula is C36H45F3N4O7S. The van der Waals surface area contributed by atoms with E-state index in [2.05, 4.69) is 10.6 Å². The Morgan fingerprint density at radius 1 is 1.02 bits per heavy atom. The van der Waals surface area contributed by atoms with Gasteiger partial charge in [-0.15, -0.1) is 0 Å². The van der Waals surface area contributed by atoms with E-state index in [-0.39, 0.29) is 53.4 Å². The highest BCUT2D eigenvalue weighted by Gasteiger charge is 2.33. The zero-order chi connectivity index (χ0) is 37.3. The number of halogens is 3. The molecule has 3 N–H and O–H groups in total. The number of hydrogen-bond acceptors (Lipinski definition) is 7. The molecule has 11 nitrogen and oxygen atoms in total. The number of anilines is 2. The lowest BCUT2D eigenvalue weighted by atomic mass is 10.0. The van der Waals surface area contributed by atoms with Gasteiger partial charge in [0.05, 0.1) is 40.9 Å². The number of nitrogens with zero attached hydrogens (tertiary/aromatic N) is 2. The Bertz CT molecular complexity index is 1730. The maximum atomic E-state index is 14.3. The molecule has 4 rings (SSSR count). The van der Waals surface area contributed by atoms with Crippen LogP contribution in [-0.2, 0) is 20.9 Å². The van der Waals surface area contributed by atoms with Gasteiger partial charge >= 0.3 is 12.2 Å². The topological polar surface area (TPSA) is 138 Å². The molecule has 0 spiro atoms. The number of fused-ring (bicyclic) bond motifs is 1. The summed E-state index contributed by atoms with van der Waals surface area (Å²) in [5, 5.41) is 15.3. The van der Waals surface area contributed by atoms with E-state index in [0.29, 0.717) is 19.4 Å². The van der Waals surface area contributed by atoms with E-state index in [1.807, 2.05) is 13.8 Å². The third kappa shape index (κ3) is 10.7. The van der Waals surface area contributed by atoms with Gasteiger partial charge in [-0.3, -0.25) is 4.79 Å². The van der Waals surface area contributed by atoms with Crippen molar-refractivity contribution in [3.05, 3.63) is 83.9 Å². The Kier molecular flexibility index (Phi) is 13.5. The number of benzene rings is 3. The molecule has 1 aliphatic heterocycles. The molecule has 0 saturated heterocycles. The van der Waals surface area contributed by atoms with Gasteiger partial charge in [0, 0.05) is 44.0 Å². The van der Waals surface area contributed by atoms with Crippen LogP contribution in [0.4, 0.5) is 29.3 Å². The van der Waals surface area contributed by atoms with Crippen molar-refractivity contribution in [2.75, 3.05) is 44.0 Å². The molecule has 0 aliphatic carbocycles. The Hall–Kier alpha value is -4.18. The molecule has 0 unspecified atom stereocenters. The predicted molar refractivity (Wildman–Crippen MR) is 187 cm³/mol. The summed E-state index contributed by atoms with van der Waals surface area (Å²) in [4.78, 5) is 28.8. The number of urea groups is 1. The summed E-state index contributed by atoms with van der Waals surface area (Å²) in [7, 11) is -2.34. The number of amides is 3. The van der Waals surface area contributed by atoms with Gasteiger partial charge < -0.3 is 30.1 Å². The summed E-state index contributed by atoms with van der Waals surface area (Å²) < 4.78 is 79.3. The first kappa shape index (κ1) is 39.6. The number of aliphatic hydroxyl groups excluding tert-OH is 1. The van der Waals surface area contributed by atoms with Crippen LogP contribution in [0.2, 0.25) is 0 Å². The SMILES string of the molecule is C[C@@H]1CCCCO[C@H](CN(C)S(=O)(=O)c2ccccc2)[C@@H](C)CN([C@@H](C)CO)C(=O)c2cc(NC(=O)Nc3ccc(C(F)(F)F)cc3)ccc2O1. The van der Waals surface area contributed by atoms with Crippen LogP contribution in [0.25, 0.3) is 0 Å². The quantitative estimate of drug-likeness (QED) is 0.242. The summed E-state index contributed by atoms with van der Waals surface area (Å²) in [6, 6.07) is 15.2. The first-order valence-corrected chi connectivity index (χ1v) is 18.1. The molecule has 3 aromatic carbocycles. The third-order valence-electron chi connectivity index (χ3n) is 8.67. The number of sulfonamides is 1. The highest BCUT2D eigenvalue weighted by atomic mass is 32.2. The highest BCUT2D eigenvalue weighted by molar-refractivity contribution is 7.89. The molecule has 0 fully saturated rings. The van der Waals surface area contributed by atoms with E-state index >= 15 is 0 Å². The first-order valence-electron chi connectivity index (χ1n) is 16.7. The molecule has 3 amide bonds. The van der Waals surface area contributed by atoms with Crippen LogP contribution >= 0.6 is 0 Å². The van der Waals surface area contributed by atoms with Crippen molar-refractivity contribution in [1.29, 1.82) is 0 Å². The highest BCUT2D eigenvalue weighted by Crippen LogP contribution is 2.31. The summed E-state index contributed by atoms with van der Waals surface area (Å²) in [6.07, 6.45) is -3.37. The van der Waals surface area contributed by atoms with Crippen molar-refractivity contribution in [2.45, 2.75) is 69.4 Å². The van der Waals surface area contributed by atoms with Crippen molar-refractivity contribution in [3.63, 3.8) is 0 Å². The smallest absolute Gasteiger partial charge is 0.416 e. The minimum absolute atomic E-state index is 0.0200. The van der Waals surface area contributed by atoms with E-state index in [4.69, 9.17) is 9.47 Å². The lowest BCUT2D eigenvalue weighted by Gasteiger charge is -2.35. The third-order valence-corrected chi connectivity index (χ3v) is 10.5. The zero-order valence-corrected chi connectivity index (χ0v) is 29.8. The number of carbonyl (C=O) groups is 2. The summed E-state index contributed by atoms with van der Waals surface area (Å²) >= 11 is 0. The van der Waals surface area contributed by atoms with Gasteiger partial charge in [-0.25, -0.2) is 13.2 Å². The van der Waals surface area contributed by atoms with E-state index in [9.17, 15) is 36.3 Å². The molecule has 1 heterocycles. The summed E-state index contributed by atoms with van der Waals surface area (Å²) in [6.45, 7) is 5.51. The first-order chi connectivity index (χ1) is 24.1. The van der Waals surface area contributed by atoms with Crippen LogP contribution in [-0.4, -0.2) is 86.3 Å². The maximum absolute atomic E-state index is 14.3. The number of likely N-dealkylation sites (N-methyl/N-ethyl adjacent to an activating group) is 1. The Morgan fingerprint density at radius 2 is 1.67 bits per heavy atom. The minimum atomic E-state index is -4.52. The van der Waals surface area contributed by atoms with Gasteiger partial charge in [-0.1, -0.05) is 25.1 Å². The van der Waals surface area contributed by atoms with Crippen LogP contribution < -0.4 is 15.4 Å². The second kappa shape index (κ2) is 17.4. The predicted octanol–water partition coefficient (Wildman–Crippen LogP) is 6.47. The van der Waals surface area contributed by atoms with Crippen LogP contribution in [0.15, 0.2) is 77.7 Å². The number of rotatable bonds is 8. The average Bonchev–Trinajstić information content (AvgIpc) is 3.09. The molecule has 0 aromatic heterocycles. The van der Waals surface area contributed by atoms with Gasteiger partial charge in [-0.05, 0) is 87.7 Å². The molecule has 15 heteroatoms. The van der Waals surface area contributed by atoms with Crippen molar-refractivity contribution in [1.82, 2.24) is 9.21 Å². The average molecular weight is 735 g/mol. The van der Waals surface area contributed by atoms with E-state index in [1.54, 1.807) is 37.3 Å². The molecular weight excluding hydrogens is 689 g/mol. The van der Waals surface area contributed by atoms with Crippen molar-refractivity contribution < 1.29 is 45.8 Å². The summed E-state index contributed by atoms with van der Waals surface area (Å²) in [5.74, 6) is -0.626. The van der Waals surface area contributed by atoms with Crippen LogP contribution in [0, 0.1) is 5.92 Å². The normalized spacial score (nSPS) is 20.1. The Labute approximate surface area is 296 Å². The van der Waals surface area contributed by atoms with Gasteiger partial charge in [0.2, 0.25) is 10.0 Å². The molecule has 0 bridgehead atoms. The van der Waals surface area contributed by atoms with Crippen LogP contribution in [0.3, 0.4) is 0 Å². The number of ether oxygens (including phenoxy) is 2. The molecule has 0 saturated carbocycles. The number of carbonyl (C=O) groups excluding carboxylic acids is 2. The van der Waals surface area contributed by atoms with Gasteiger partial charge in [0.1, 0.15) is 5.75 Å². The summed E-state index contributed by atoms with van der Waals surface area (Å²) in [5.41, 5.74) is -0.407. The van der Waals surface area contributed by atoms with Gasteiger partial charge in [0.15, 0.2) is 0 Å². The molecule has 278 valence electrons. The van der Waals surface area contributed by atoms with Crippen molar-refractivity contribution in [3.8, 4) is 5.75 Å². The standard InChI is InChI=1S/C36H45F3N4O7S/c1-24-21-43(25(2)23-44)34(45)31-20-29(41-35(46)40-28-15-13-27(14-16-28)36(37,38)39)17-18-32(31)50-26(3)10-8-9-19-49-33(24)22-42(4)51(47,48)30-11-6-5-7-12-30/h5-7,11-18,20,24-26,33,44H,8-10,19,21-23H2,1-4H3,(H2,40,41,46)/t24-,25-,26+,33+/m0/s1. The Balaban J connectivity index is 1.60. The van der Waals surface area contributed by atoms with Gasteiger partial charge in [-0.2, -0.15) is 17.5 Å². The number of alkyl halides is 3. The molecule has 4 atom stereocenters. The largest absolute Gasteiger partial charge is 0.490 e. The number of nitrogens with one attached hydrogen (secondary N) is 2. The lowest BCUT2D eigenvalue weighted by Crippen LogP contribution is -2.48. The minimum Gasteiger partial charge on any atom is -0.490 e. The van der Waals surface area contributed by atoms with E-state index < -0.39 is 51.8 Å². The lowest BCUT2D eigenvalue weighted by molar-refractivity contribution is -0.137. The number of hydrogen-bond donors (Lipinski definition) is 3. The van der Waals surface area contributed by atoms with E-state index in [1.165, 1.54) is 34.5 Å². The fraction of sp³-hybridized carbons (Fsp3) is 0.444. The van der Waals surface area contributed by atoms with Crippen molar-refractivity contribution in [2.24, 2.45) is 5.92 Å². The second-order valence-corrected chi connectivity index (χ2v) is 14.8. The van der Waals surface area contributed by atoms with Crippen molar-refractivity contribution >= 4 is 33.3 Å². The fourth-order valence-electron chi connectivity index (χ4n) is 5.62. The monoisotopic (exact) mass is 734 g/mol. The van der Waals surface area contributed by atoms with Crippen LogP contribution in [0.1, 0.15) is 56.0 Å².